The van der Waals surface area contributed by atoms with Crippen molar-refractivity contribution in [1.29, 1.82) is 0 Å². The number of nitrogens with zero attached hydrogens (tertiary/aromatic N) is 4. The Kier molecular flexibility index (Phi) is 5.79. The van der Waals surface area contributed by atoms with E-state index in [1.54, 1.807) is 44.9 Å². The molecule has 0 spiro atoms. The van der Waals surface area contributed by atoms with Gasteiger partial charge >= 0.3 is 6.18 Å². The molecule has 2 aromatic heterocycles. The third-order valence-corrected chi connectivity index (χ3v) is 6.70. The Morgan fingerprint density at radius 3 is 2.47 bits per heavy atom. The SMILES string of the molecule is Cc1ccc(-c2cc(C(F)(F)F)on2)cc1S(=O)(=O)N(Cc1cnn(C)c1)C(C)C. The number of rotatable bonds is 6. The normalized spacial score (nSPS) is 12.8. The summed E-state index contributed by atoms with van der Waals surface area (Å²) in [6.07, 6.45) is -1.37. The summed E-state index contributed by atoms with van der Waals surface area (Å²) in [5, 5.41) is 7.50. The molecule has 0 saturated heterocycles. The highest BCUT2D eigenvalue weighted by Crippen LogP contribution is 2.33. The second kappa shape index (κ2) is 7.88. The second-order valence-electron chi connectivity index (χ2n) is 7.22. The van der Waals surface area contributed by atoms with Crippen molar-refractivity contribution in [1.82, 2.24) is 19.2 Å². The van der Waals surface area contributed by atoms with Crippen molar-refractivity contribution in [2.45, 2.75) is 44.4 Å². The van der Waals surface area contributed by atoms with Crippen molar-refractivity contribution < 1.29 is 26.1 Å². The van der Waals surface area contributed by atoms with Crippen LogP contribution in [0, 0.1) is 6.92 Å². The van der Waals surface area contributed by atoms with E-state index >= 15 is 0 Å². The van der Waals surface area contributed by atoms with Gasteiger partial charge in [0.1, 0.15) is 5.69 Å². The van der Waals surface area contributed by atoms with Crippen LogP contribution in [0.4, 0.5) is 13.2 Å². The summed E-state index contributed by atoms with van der Waals surface area (Å²) >= 11 is 0. The third kappa shape index (κ3) is 4.41. The van der Waals surface area contributed by atoms with Crippen LogP contribution in [0.3, 0.4) is 0 Å². The average Bonchev–Trinajstić information content (AvgIpc) is 3.28. The first-order valence-electron chi connectivity index (χ1n) is 9.04. The number of halogens is 3. The highest BCUT2D eigenvalue weighted by molar-refractivity contribution is 7.89. The molecular formula is C19H21F3N4O3S. The average molecular weight is 442 g/mol. The van der Waals surface area contributed by atoms with Crippen molar-refractivity contribution in [3.63, 3.8) is 0 Å². The number of hydrogen-bond donors (Lipinski definition) is 0. The van der Waals surface area contributed by atoms with Crippen LogP contribution in [0.2, 0.25) is 0 Å². The molecule has 11 heteroatoms. The quantitative estimate of drug-likeness (QED) is 0.576. The van der Waals surface area contributed by atoms with Gasteiger partial charge in [0.25, 0.3) is 0 Å². The summed E-state index contributed by atoms with van der Waals surface area (Å²) in [5.74, 6) is -1.25. The molecule has 0 aliphatic rings. The predicted octanol–water partition coefficient (Wildman–Crippen LogP) is 4.00. The topological polar surface area (TPSA) is 81.2 Å². The lowest BCUT2D eigenvalue weighted by molar-refractivity contribution is -0.155. The molecule has 0 saturated carbocycles. The van der Waals surface area contributed by atoms with Gasteiger partial charge in [0.15, 0.2) is 0 Å². The van der Waals surface area contributed by atoms with Crippen LogP contribution >= 0.6 is 0 Å². The summed E-state index contributed by atoms with van der Waals surface area (Å²) < 4.78 is 72.5. The van der Waals surface area contributed by atoms with Crippen LogP contribution in [0.1, 0.15) is 30.7 Å². The van der Waals surface area contributed by atoms with E-state index in [-0.39, 0.29) is 28.7 Å². The van der Waals surface area contributed by atoms with E-state index in [9.17, 15) is 21.6 Å². The van der Waals surface area contributed by atoms with Crippen molar-refractivity contribution in [2.24, 2.45) is 7.05 Å². The Hall–Kier alpha value is -2.66. The van der Waals surface area contributed by atoms with Gasteiger partial charge in [0.05, 0.1) is 11.1 Å². The Morgan fingerprint density at radius 2 is 1.93 bits per heavy atom. The van der Waals surface area contributed by atoms with E-state index in [1.165, 1.54) is 22.5 Å². The van der Waals surface area contributed by atoms with Crippen LogP contribution in [-0.2, 0) is 29.8 Å². The van der Waals surface area contributed by atoms with E-state index in [0.717, 1.165) is 11.6 Å². The van der Waals surface area contributed by atoms with Gasteiger partial charge in [-0.05, 0) is 32.4 Å². The van der Waals surface area contributed by atoms with Crippen molar-refractivity contribution in [3.8, 4) is 11.3 Å². The Morgan fingerprint density at radius 1 is 1.23 bits per heavy atom. The molecule has 0 amide bonds. The maximum atomic E-state index is 13.4. The van der Waals surface area contributed by atoms with Crippen LogP contribution in [0.5, 0.6) is 0 Å². The van der Waals surface area contributed by atoms with Crippen molar-refractivity contribution >= 4 is 10.0 Å². The first kappa shape index (κ1) is 22.0. The molecule has 0 aliphatic heterocycles. The maximum absolute atomic E-state index is 13.4. The molecule has 3 rings (SSSR count). The number of benzene rings is 1. The Bertz CT molecular complexity index is 1150. The molecule has 0 N–H and O–H groups in total. The molecule has 1 aromatic carbocycles. The number of aromatic nitrogens is 3. The summed E-state index contributed by atoms with van der Waals surface area (Å²) in [7, 11) is -2.22. The number of hydrogen-bond acceptors (Lipinski definition) is 5. The van der Waals surface area contributed by atoms with E-state index in [1.807, 2.05) is 0 Å². The Balaban J connectivity index is 2.02. The zero-order chi connectivity index (χ0) is 22.3. The lowest BCUT2D eigenvalue weighted by Crippen LogP contribution is -2.36. The van der Waals surface area contributed by atoms with Crippen LogP contribution in [0.25, 0.3) is 11.3 Å². The molecule has 30 heavy (non-hydrogen) atoms. The van der Waals surface area contributed by atoms with Gasteiger partial charge < -0.3 is 4.52 Å². The van der Waals surface area contributed by atoms with Crippen molar-refractivity contribution in [2.75, 3.05) is 0 Å². The minimum atomic E-state index is -4.68. The molecule has 0 aliphatic carbocycles. The minimum Gasteiger partial charge on any atom is -0.351 e. The van der Waals surface area contributed by atoms with Gasteiger partial charge in [-0.15, -0.1) is 0 Å². The fourth-order valence-corrected chi connectivity index (χ4v) is 4.86. The summed E-state index contributed by atoms with van der Waals surface area (Å²) in [5.41, 5.74) is 1.30. The van der Waals surface area contributed by atoms with Gasteiger partial charge in [-0.25, -0.2) is 8.42 Å². The third-order valence-electron chi connectivity index (χ3n) is 4.53. The van der Waals surface area contributed by atoms with E-state index in [0.29, 0.717) is 5.56 Å². The number of aryl methyl sites for hydroxylation is 2. The molecule has 2 heterocycles. The van der Waals surface area contributed by atoms with Crippen LogP contribution < -0.4 is 0 Å². The van der Waals surface area contributed by atoms with E-state index in [2.05, 4.69) is 14.8 Å². The zero-order valence-corrected chi connectivity index (χ0v) is 17.6. The molecule has 0 bridgehead atoms. The molecule has 0 atom stereocenters. The summed E-state index contributed by atoms with van der Waals surface area (Å²) in [6, 6.07) is 4.75. The lowest BCUT2D eigenvalue weighted by Gasteiger charge is -2.26. The molecule has 0 radical (unpaired) electrons. The molecule has 0 fully saturated rings. The fraction of sp³-hybridized carbons (Fsp3) is 0.368. The standard InChI is InChI=1S/C19H21F3N4O3S/c1-12(2)26(11-14-9-23-25(4)10-14)30(27,28)17-7-15(6-5-13(17)3)16-8-18(29-24-16)19(20,21)22/h5-10,12H,11H2,1-4H3. The van der Waals surface area contributed by atoms with E-state index < -0.39 is 22.0 Å². The minimum absolute atomic E-state index is 0.00542. The molecular weight excluding hydrogens is 421 g/mol. The van der Waals surface area contributed by atoms with Gasteiger partial charge in [-0.3, -0.25) is 4.68 Å². The van der Waals surface area contributed by atoms with Crippen molar-refractivity contribution in [3.05, 3.63) is 53.5 Å². The molecule has 162 valence electrons. The van der Waals surface area contributed by atoms with Gasteiger partial charge in [0, 0.05) is 43.0 Å². The smallest absolute Gasteiger partial charge is 0.351 e. The van der Waals surface area contributed by atoms with E-state index in [4.69, 9.17) is 0 Å². The summed E-state index contributed by atoms with van der Waals surface area (Å²) in [4.78, 5) is -0.00542. The second-order valence-corrected chi connectivity index (χ2v) is 9.08. The predicted molar refractivity (Wildman–Crippen MR) is 103 cm³/mol. The summed E-state index contributed by atoms with van der Waals surface area (Å²) in [6.45, 7) is 5.24. The fourth-order valence-electron chi connectivity index (χ4n) is 2.99. The number of sulfonamides is 1. The van der Waals surface area contributed by atoms with Gasteiger partial charge in [-0.1, -0.05) is 17.3 Å². The first-order valence-corrected chi connectivity index (χ1v) is 10.5. The molecule has 3 aromatic rings. The molecule has 7 nitrogen and oxygen atoms in total. The maximum Gasteiger partial charge on any atom is 0.452 e. The van der Waals surface area contributed by atoms with Gasteiger partial charge in [-0.2, -0.15) is 22.6 Å². The largest absolute Gasteiger partial charge is 0.452 e. The lowest BCUT2D eigenvalue weighted by atomic mass is 10.1. The Labute approximate surface area is 172 Å². The van der Waals surface area contributed by atoms with Gasteiger partial charge in [0.2, 0.25) is 15.8 Å². The highest BCUT2D eigenvalue weighted by atomic mass is 32.2. The van der Waals surface area contributed by atoms with Crippen LogP contribution in [0.15, 0.2) is 46.1 Å². The van der Waals surface area contributed by atoms with Crippen LogP contribution in [-0.4, -0.2) is 33.7 Å². The highest BCUT2D eigenvalue weighted by Gasteiger charge is 2.36. The zero-order valence-electron chi connectivity index (χ0n) is 16.8. The first-order chi connectivity index (χ1) is 13.9. The number of alkyl halides is 3. The monoisotopic (exact) mass is 442 g/mol. The molecule has 0 unspecified atom stereocenters.